The lowest BCUT2D eigenvalue weighted by Gasteiger charge is -1.94. The highest BCUT2D eigenvalue weighted by molar-refractivity contribution is 6.54. The second kappa shape index (κ2) is 10.4. The average Bonchev–Trinajstić information content (AvgIpc) is 1.99. The predicted molar refractivity (Wildman–Crippen MR) is 56.2 cm³/mol. The first-order valence-electron chi connectivity index (χ1n) is 4.33. The van der Waals surface area contributed by atoms with Gasteiger partial charge in [-0.05, 0) is 6.42 Å². The second-order valence-corrected chi connectivity index (χ2v) is 6.57. The molecule has 0 aliphatic carbocycles. The summed E-state index contributed by atoms with van der Waals surface area (Å²) in [6, 6.07) is 0. The van der Waals surface area contributed by atoms with Crippen molar-refractivity contribution in [2.75, 3.05) is 6.61 Å². The highest BCUT2D eigenvalue weighted by Gasteiger charge is 1.89. The maximum Gasteiger partial charge on any atom is 0.330 e. The molecule has 72 valence electrons. The Labute approximate surface area is 77.2 Å². The van der Waals surface area contributed by atoms with Crippen molar-refractivity contribution in [1.29, 1.82) is 0 Å². The standard InChI is InChI=1S/C6H10O2.C3H10Si/c1-3-5-8-6(7)4-2;1-4(2)3/h4H,2-3,5H2,1H3;4H,1-3H3. The third kappa shape index (κ3) is 22.7. The molecule has 0 radical (unpaired) electrons. The third-order valence-electron chi connectivity index (χ3n) is 0.615. The first-order chi connectivity index (χ1) is 5.54. The molecule has 0 rings (SSSR count). The van der Waals surface area contributed by atoms with Crippen LogP contribution in [-0.4, -0.2) is 21.4 Å². The maximum absolute atomic E-state index is 10.2. The SMILES string of the molecule is C=CC(=O)OCCC.C[SiH](C)C. The van der Waals surface area contributed by atoms with Crippen LogP contribution in [0.4, 0.5) is 0 Å². The van der Waals surface area contributed by atoms with Gasteiger partial charge in [-0.25, -0.2) is 4.79 Å². The summed E-state index contributed by atoms with van der Waals surface area (Å²) < 4.78 is 4.58. The molecule has 0 aromatic heterocycles. The first-order valence-corrected chi connectivity index (χ1v) is 7.80. The molecule has 0 fully saturated rings. The van der Waals surface area contributed by atoms with Crippen molar-refractivity contribution in [2.45, 2.75) is 33.0 Å². The molecule has 0 aliphatic rings. The average molecular weight is 188 g/mol. The molecule has 2 nitrogen and oxygen atoms in total. The quantitative estimate of drug-likeness (QED) is 0.386. The third-order valence-corrected chi connectivity index (χ3v) is 0.615. The molecular weight excluding hydrogens is 168 g/mol. The van der Waals surface area contributed by atoms with Gasteiger partial charge in [0.15, 0.2) is 0 Å². The molecule has 0 atom stereocenters. The molecule has 0 aliphatic heterocycles. The highest BCUT2D eigenvalue weighted by atomic mass is 28.3. The minimum atomic E-state index is -0.341. The van der Waals surface area contributed by atoms with E-state index < -0.39 is 0 Å². The normalized spacial score (nSPS) is 8.42. The largest absolute Gasteiger partial charge is 0.463 e. The van der Waals surface area contributed by atoms with Crippen LogP contribution in [0.3, 0.4) is 0 Å². The minimum Gasteiger partial charge on any atom is -0.463 e. The van der Waals surface area contributed by atoms with Gasteiger partial charge in [0.25, 0.3) is 0 Å². The summed E-state index contributed by atoms with van der Waals surface area (Å²) in [6.45, 7) is 12.6. The van der Waals surface area contributed by atoms with Gasteiger partial charge in [-0.2, -0.15) is 0 Å². The van der Waals surface area contributed by atoms with Crippen LogP contribution in [0, 0.1) is 0 Å². The molecule has 12 heavy (non-hydrogen) atoms. The molecule has 0 saturated carbocycles. The van der Waals surface area contributed by atoms with E-state index in [4.69, 9.17) is 0 Å². The van der Waals surface area contributed by atoms with Crippen molar-refractivity contribution in [3.63, 3.8) is 0 Å². The summed E-state index contributed by atoms with van der Waals surface area (Å²) in [5.74, 6) is -0.341. The Morgan fingerprint density at radius 1 is 1.50 bits per heavy atom. The van der Waals surface area contributed by atoms with Crippen molar-refractivity contribution in [1.82, 2.24) is 0 Å². The van der Waals surface area contributed by atoms with Gasteiger partial charge in [-0.3, -0.25) is 0 Å². The van der Waals surface area contributed by atoms with Crippen LogP contribution >= 0.6 is 0 Å². The van der Waals surface area contributed by atoms with E-state index in [1.807, 2.05) is 6.92 Å². The van der Waals surface area contributed by atoms with E-state index in [-0.39, 0.29) is 14.8 Å². The Hall–Kier alpha value is -0.573. The topological polar surface area (TPSA) is 26.3 Å². The van der Waals surface area contributed by atoms with E-state index in [1.165, 1.54) is 0 Å². The zero-order chi connectivity index (χ0) is 9.98. The van der Waals surface area contributed by atoms with Gasteiger partial charge >= 0.3 is 5.97 Å². The van der Waals surface area contributed by atoms with Crippen LogP contribution in [0.25, 0.3) is 0 Å². The van der Waals surface area contributed by atoms with Gasteiger partial charge in [-0.15, -0.1) is 0 Å². The van der Waals surface area contributed by atoms with Crippen molar-refractivity contribution in [2.24, 2.45) is 0 Å². The molecule has 0 aromatic carbocycles. The Kier molecular flexibility index (Phi) is 12.1. The van der Waals surface area contributed by atoms with Crippen molar-refractivity contribution in [3.8, 4) is 0 Å². The van der Waals surface area contributed by atoms with Crippen molar-refractivity contribution >= 4 is 14.8 Å². The summed E-state index contributed by atoms with van der Waals surface area (Å²) in [5.41, 5.74) is 0. The van der Waals surface area contributed by atoms with Gasteiger partial charge < -0.3 is 4.74 Å². The van der Waals surface area contributed by atoms with Crippen LogP contribution < -0.4 is 0 Å². The number of esters is 1. The second-order valence-electron chi connectivity index (χ2n) is 3.10. The monoisotopic (exact) mass is 188 g/mol. The Morgan fingerprint density at radius 2 is 1.92 bits per heavy atom. The Bertz CT molecular complexity index is 119. The number of ether oxygens (including phenoxy) is 1. The molecular formula is C9H20O2Si. The zero-order valence-corrected chi connectivity index (χ0v) is 9.75. The first kappa shape index (κ1) is 14.0. The molecule has 0 saturated heterocycles. The summed E-state index contributed by atoms with van der Waals surface area (Å²) in [6.07, 6.45) is 2.02. The number of hydrogen-bond donors (Lipinski definition) is 0. The highest BCUT2D eigenvalue weighted by Crippen LogP contribution is 1.81. The van der Waals surface area contributed by atoms with Crippen LogP contribution in [0.1, 0.15) is 13.3 Å². The minimum absolute atomic E-state index is 0.139. The van der Waals surface area contributed by atoms with Crippen molar-refractivity contribution < 1.29 is 9.53 Å². The number of rotatable bonds is 3. The van der Waals surface area contributed by atoms with E-state index in [0.29, 0.717) is 6.61 Å². The van der Waals surface area contributed by atoms with E-state index in [1.54, 1.807) is 0 Å². The molecule has 0 spiro atoms. The van der Waals surface area contributed by atoms with Gasteiger partial charge in [0.05, 0.1) is 6.61 Å². The molecule has 0 bridgehead atoms. The lowest BCUT2D eigenvalue weighted by atomic mass is 10.5. The van der Waals surface area contributed by atoms with Gasteiger partial charge in [0.2, 0.25) is 0 Å². The molecule has 0 N–H and O–H groups in total. The van der Waals surface area contributed by atoms with E-state index in [0.717, 1.165) is 12.5 Å². The van der Waals surface area contributed by atoms with Gasteiger partial charge in [0.1, 0.15) is 0 Å². The van der Waals surface area contributed by atoms with Gasteiger partial charge in [0, 0.05) is 14.9 Å². The molecule has 0 heterocycles. The number of hydrogen-bond acceptors (Lipinski definition) is 2. The Morgan fingerprint density at radius 3 is 2.17 bits per heavy atom. The fraction of sp³-hybridized carbons (Fsp3) is 0.667. The lowest BCUT2D eigenvalue weighted by Crippen LogP contribution is -1.99. The Balaban J connectivity index is 0. The zero-order valence-electron chi connectivity index (χ0n) is 8.59. The smallest absolute Gasteiger partial charge is 0.330 e. The van der Waals surface area contributed by atoms with E-state index >= 15 is 0 Å². The fourth-order valence-electron chi connectivity index (χ4n) is 0.262. The van der Waals surface area contributed by atoms with Crippen LogP contribution in [0.15, 0.2) is 12.7 Å². The van der Waals surface area contributed by atoms with E-state index in [2.05, 4.69) is 31.0 Å². The molecule has 0 amide bonds. The summed E-state index contributed by atoms with van der Waals surface area (Å²) in [7, 11) is -0.139. The van der Waals surface area contributed by atoms with Crippen LogP contribution in [0.2, 0.25) is 19.6 Å². The summed E-state index contributed by atoms with van der Waals surface area (Å²) in [5, 5.41) is 0. The molecule has 3 heteroatoms. The summed E-state index contributed by atoms with van der Waals surface area (Å²) in [4.78, 5) is 10.2. The van der Waals surface area contributed by atoms with Crippen LogP contribution in [-0.2, 0) is 9.53 Å². The predicted octanol–water partition coefficient (Wildman–Crippen LogP) is 2.23. The van der Waals surface area contributed by atoms with Crippen molar-refractivity contribution in [3.05, 3.63) is 12.7 Å². The lowest BCUT2D eigenvalue weighted by molar-refractivity contribution is -0.137. The maximum atomic E-state index is 10.2. The fourth-order valence-corrected chi connectivity index (χ4v) is 0.262. The summed E-state index contributed by atoms with van der Waals surface area (Å²) >= 11 is 0. The van der Waals surface area contributed by atoms with E-state index in [9.17, 15) is 4.79 Å². The number of carbonyl (C=O) groups excluding carboxylic acids is 1. The van der Waals surface area contributed by atoms with Gasteiger partial charge in [-0.1, -0.05) is 33.1 Å². The molecule has 0 aromatic rings. The molecule has 0 unspecified atom stereocenters. The number of carbonyl (C=O) groups is 1. The van der Waals surface area contributed by atoms with Crippen LogP contribution in [0.5, 0.6) is 0 Å².